The molecule has 1 unspecified atom stereocenters. The van der Waals surface area contributed by atoms with Crippen molar-refractivity contribution < 1.29 is 24.0 Å². The minimum Gasteiger partial charge on any atom is -0.466 e. The summed E-state index contributed by atoms with van der Waals surface area (Å²) >= 11 is 0. The number of nitrogens with one attached hydrogen (secondary N) is 1. The van der Waals surface area contributed by atoms with Crippen molar-refractivity contribution in [2.24, 2.45) is 5.92 Å². The number of carbonyl (C=O) groups excluding carboxylic acids is 3. The zero-order chi connectivity index (χ0) is 18.0. The molecular formula is C19H25N2O4+. The van der Waals surface area contributed by atoms with Gasteiger partial charge in [-0.15, -0.1) is 0 Å². The molecule has 134 valence electrons. The number of nitrogens with zero attached hydrogens (tertiary/aromatic N) is 1. The van der Waals surface area contributed by atoms with Crippen LogP contribution < -0.4 is 9.80 Å². The van der Waals surface area contributed by atoms with Crippen molar-refractivity contribution in [1.29, 1.82) is 0 Å². The molecule has 6 heteroatoms. The topological polar surface area (TPSA) is 68.1 Å². The summed E-state index contributed by atoms with van der Waals surface area (Å²) in [6.07, 6.45) is 1.86. The van der Waals surface area contributed by atoms with Gasteiger partial charge in [0.05, 0.1) is 31.8 Å². The van der Waals surface area contributed by atoms with Crippen molar-refractivity contribution in [1.82, 2.24) is 0 Å². The highest BCUT2D eigenvalue weighted by Gasteiger charge is 2.47. The zero-order valence-electron chi connectivity index (χ0n) is 14.8. The highest BCUT2D eigenvalue weighted by molar-refractivity contribution is 6.21. The predicted molar refractivity (Wildman–Crippen MR) is 92.1 cm³/mol. The van der Waals surface area contributed by atoms with Crippen molar-refractivity contribution in [3.63, 3.8) is 0 Å². The molecule has 1 N–H and O–H groups in total. The number of quaternary nitrogens is 1. The maximum atomic E-state index is 12.9. The maximum absolute atomic E-state index is 12.9. The molecule has 3 atom stereocenters. The number of ether oxygens (including phenoxy) is 1. The number of imide groups is 1. The molecule has 0 radical (unpaired) electrons. The number of hydrogen-bond donors (Lipinski definition) is 1. The Bertz CT molecular complexity index is 671. The van der Waals surface area contributed by atoms with Gasteiger partial charge in [0.1, 0.15) is 5.92 Å². The molecule has 2 heterocycles. The first kappa shape index (κ1) is 17.6. The van der Waals surface area contributed by atoms with E-state index in [0.29, 0.717) is 18.8 Å². The largest absolute Gasteiger partial charge is 0.466 e. The molecule has 2 aliphatic heterocycles. The van der Waals surface area contributed by atoms with E-state index in [0.717, 1.165) is 29.8 Å². The van der Waals surface area contributed by atoms with E-state index in [1.165, 1.54) is 4.90 Å². The third-order valence-corrected chi connectivity index (χ3v) is 5.11. The van der Waals surface area contributed by atoms with E-state index in [4.69, 9.17) is 4.74 Å². The summed E-state index contributed by atoms with van der Waals surface area (Å²) in [4.78, 5) is 39.7. The summed E-state index contributed by atoms with van der Waals surface area (Å²) in [5.41, 5.74) is 1.71. The van der Waals surface area contributed by atoms with E-state index in [2.05, 4.69) is 0 Å². The van der Waals surface area contributed by atoms with Crippen LogP contribution in [-0.4, -0.2) is 43.5 Å². The van der Waals surface area contributed by atoms with Crippen LogP contribution in [0.3, 0.4) is 0 Å². The van der Waals surface area contributed by atoms with Gasteiger partial charge in [-0.1, -0.05) is 17.7 Å². The van der Waals surface area contributed by atoms with E-state index in [1.54, 1.807) is 19.1 Å². The van der Waals surface area contributed by atoms with Crippen LogP contribution in [0.25, 0.3) is 0 Å². The first-order valence-corrected chi connectivity index (χ1v) is 8.96. The minimum atomic E-state index is -0.397. The van der Waals surface area contributed by atoms with Gasteiger partial charge < -0.3 is 9.64 Å². The summed E-state index contributed by atoms with van der Waals surface area (Å²) in [5.74, 6) is -0.690. The number of anilines is 1. The summed E-state index contributed by atoms with van der Waals surface area (Å²) in [5, 5.41) is 0. The van der Waals surface area contributed by atoms with Gasteiger partial charge in [-0.3, -0.25) is 14.4 Å². The Morgan fingerprint density at radius 1 is 1.28 bits per heavy atom. The van der Waals surface area contributed by atoms with Gasteiger partial charge in [-0.05, 0) is 38.8 Å². The van der Waals surface area contributed by atoms with Gasteiger partial charge in [0.2, 0.25) is 5.91 Å². The summed E-state index contributed by atoms with van der Waals surface area (Å²) < 4.78 is 5.13. The smallest absolute Gasteiger partial charge is 0.314 e. The second-order valence-corrected chi connectivity index (χ2v) is 6.86. The lowest BCUT2D eigenvalue weighted by molar-refractivity contribution is -0.922. The zero-order valence-corrected chi connectivity index (χ0v) is 14.8. The lowest BCUT2D eigenvalue weighted by atomic mass is 9.96. The Labute approximate surface area is 147 Å². The number of carbonyl (C=O) groups is 3. The Morgan fingerprint density at radius 3 is 2.68 bits per heavy atom. The average Bonchev–Trinajstić information content (AvgIpc) is 2.91. The molecule has 2 amide bonds. The van der Waals surface area contributed by atoms with E-state index < -0.39 is 6.04 Å². The van der Waals surface area contributed by atoms with E-state index in [9.17, 15) is 14.4 Å². The maximum Gasteiger partial charge on any atom is 0.314 e. The van der Waals surface area contributed by atoms with Gasteiger partial charge in [0.25, 0.3) is 5.91 Å². The SMILES string of the molecule is CCOC(=O)[C@H]1CCC[NH+]([C@@H]2CC(=O)N(c3ccc(C)cc3)C2=O)C1. The number of likely N-dealkylation sites (tertiary alicyclic amines) is 1. The molecule has 2 saturated heterocycles. The normalized spacial score (nSPS) is 26.8. The molecule has 1 aromatic carbocycles. The van der Waals surface area contributed by atoms with Crippen molar-refractivity contribution in [3.8, 4) is 0 Å². The van der Waals surface area contributed by atoms with Crippen LogP contribution >= 0.6 is 0 Å². The third kappa shape index (κ3) is 3.58. The van der Waals surface area contributed by atoms with Crippen LogP contribution in [0.15, 0.2) is 24.3 Å². The van der Waals surface area contributed by atoms with Crippen LogP contribution in [0, 0.1) is 12.8 Å². The van der Waals surface area contributed by atoms with Gasteiger partial charge in [0, 0.05) is 0 Å². The molecule has 0 saturated carbocycles. The van der Waals surface area contributed by atoms with Gasteiger partial charge in [-0.25, -0.2) is 4.90 Å². The minimum absolute atomic E-state index is 0.159. The molecule has 2 aliphatic rings. The molecule has 25 heavy (non-hydrogen) atoms. The second kappa shape index (κ2) is 7.35. The van der Waals surface area contributed by atoms with Crippen molar-refractivity contribution in [2.45, 2.75) is 39.2 Å². The third-order valence-electron chi connectivity index (χ3n) is 5.11. The van der Waals surface area contributed by atoms with Crippen molar-refractivity contribution >= 4 is 23.5 Å². The molecule has 0 spiro atoms. The predicted octanol–water partition coefficient (Wildman–Crippen LogP) is 0.485. The number of esters is 1. The average molecular weight is 345 g/mol. The Balaban J connectivity index is 1.73. The van der Waals surface area contributed by atoms with Crippen LogP contribution in [-0.2, 0) is 19.1 Å². The van der Waals surface area contributed by atoms with E-state index in [1.807, 2.05) is 19.1 Å². The van der Waals surface area contributed by atoms with Crippen molar-refractivity contribution in [2.75, 3.05) is 24.6 Å². The number of amides is 2. The molecule has 1 aromatic rings. The first-order valence-electron chi connectivity index (χ1n) is 8.96. The van der Waals surface area contributed by atoms with Crippen LogP contribution in [0.4, 0.5) is 5.69 Å². The summed E-state index contributed by atoms with van der Waals surface area (Å²) in [7, 11) is 0. The fourth-order valence-corrected chi connectivity index (χ4v) is 3.79. The number of aryl methyl sites for hydroxylation is 1. The molecular weight excluding hydrogens is 320 g/mol. The fourth-order valence-electron chi connectivity index (χ4n) is 3.79. The standard InChI is InChI=1S/C19H24N2O4/c1-3-25-19(24)14-5-4-10-20(12-14)16-11-17(22)21(18(16)23)15-8-6-13(2)7-9-15/h6-9,14,16H,3-5,10-12H2,1-2H3/p+1/t14-,16+/m0/s1. The number of piperidine rings is 1. The summed E-state index contributed by atoms with van der Waals surface area (Å²) in [6.45, 7) is 5.50. The Morgan fingerprint density at radius 2 is 2.00 bits per heavy atom. The van der Waals surface area contributed by atoms with E-state index >= 15 is 0 Å². The quantitative estimate of drug-likeness (QED) is 0.637. The first-order chi connectivity index (χ1) is 12.0. The highest BCUT2D eigenvalue weighted by atomic mass is 16.5. The fraction of sp³-hybridized carbons (Fsp3) is 0.526. The molecule has 6 nitrogen and oxygen atoms in total. The molecule has 2 fully saturated rings. The van der Waals surface area contributed by atoms with Crippen LogP contribution in [0.5, 0.6) is 0 Å². The highest BCUT2D eigenvalue weighted by Crippen LogP contribution is 2.23. The summed E-state index contributed by atoms with van der Waals surface area (Å²) in [6, 6.07) is 7.01. The van der Waals surface area contributed by atoms with Crippen LogP contribution in [0.2, 0.25) is 0 Å². The Hall–Kier alpha value is -2.21. The lowest BCUT2D eigenvalue weighted by Gasteiger charge is -2.31. The number of hydrogen-bond acceptors (Lipinski definition) is 4. The molecule has 0 bridgehead atoms. The number of benzene rings is 1. The molecule has 3 rings (SSSR count). The molecule has 0 aromatic heterocycles. The second-order valence-electron chi connectivity index (χ2n) is 6.86. The van der Waals surface area contributed by atoms with Gasteiger partial charge in [-0.2, -0.15) is 0 Å². The van der Waals surface area contributed by atoms with E-state index in [-0.39, 0.29) is 30.1 Å². The van der Waals surface area contributed by atoms with Crippen molar-refractivity contribution in [3.05, 3.63) is 29.8 Å². The van der Waals surface area contributed by atoms with Gasteiger partial charge >= 0.3 is 5.97 Å². The number of rotatable bonds is 4. The van der Waals surface area contributed by atoms with Crippen LogP contribution in [0.1, 0.15) is 31.7 Å². The Kier molecular flexibility index (Phi) is 5.18. The lowest BCUT2D eigenvalue weighted by Crippen LogP contribution is -3.18. The molecule has 0 aliphatic carbocycles. The monoisotopic (exact) mass is 345 g/mol. The van der Waals surface area contributed by atoms with Gasteiger partial charge in [0.15, 0.2) is 6.04 Å².